The summed E-state index contributed by atoms with van der Waals surface area (Å²) < 4.78 is 25.6. The molecule has 0 spiro atoms. The van der Waals surface area contributed by atoms with Crippen LogP contribution >= 0.6 is 0 Å². The van der Waals surface area contributed by atoms with Crippen molar-refractivity contribution < 1.29 is 107 Å². The molecule has 2 rings (SSSR count). The summed E-state index contributed by atoms with van der Waals surface area (Å²) in [7, 11) is 0. The Hall–Kier alpha value is -6.04. The number of carbonyl (C=O) groups excluding carboxylic acids is 9. The number of aliphatic carboxylic acids is 3. The molecule has 0 aromatic rings. The van der Waals surface area contributed by atoms with Gasteiger partial charge in [-0.15, -0.1) is 0 Å². The van der Waals surface area contributed by atoms with E-state index in [2.05, 4.69) is 0 Å². The molecule has 0 aromatic heterocycles. The number of nitrogens with zero attached hydrogens (tertiary/aromatic N) is 2. The molecular formula is C52H86N2O22. The van der Waals surface area contributed by atoms with Gasteiger partial charge in [-0.05, 0) is 92.9 Å². The second-order valence-electron chi connectivity index (χ2n) is 19.3. The Morgan fingerprint density at radius 1 is 0.553 bits per heavy atom. The van der Waals surface area contributed by atoms with Crippen LogP contribution in [0.1, 0.15) is 160 Å². The van der Waals surface area contributed by atoms with Crippen molar-refractivity contribution in [1.82, 2.24) is 9.80 Å². The van der Waals surface area contributed by atoms with Gasteiger partial charge >= 0.3 is 47.8 Å². The smallest absolute Gasteiger partial charge is 0.313 e. The van der Waals surface area contributed by atoms with E-state index < -0.39 is 113 Å². The zero-order chi connectivity index (χ0) is 58.0. The maximum absolute atomic E-state index is 13.5. The monoisotopic (exact) mass is 1090 g/mol. The molecule has 2 saturated heterocycles. The van der Waals surface area contributed by atoms with Crippen LogP contribution in [0.5, 0.6) is 0 Å². The Morgan fingerprint density at radius 2 is 0.895 bits per heavy atom. The average Bonchev–Trinajstić information content (AvgIpc) is 3.97. The summed E-state index contributed by atoms with van der Waals surface area (Å²) >= 11 is 0. The van der Waals surface area contributed by atoms with Crippen LogP contribution in [0.4, 0.5) is 0 Å². The third-order valence-corrected chi connectivity index (χ3v) is 13.7. The summed E-state index contributed by atoms with van der Waals surface area (Å²) in [4.78, 5) is 150. The highest BCUT2D eigenvalue weighted by molar-refractivity contribution is 5.95. The first-order chi connectivity index (χ1) is 35.0. The van der Waals surface area contributed by atoms with Gasteiger partial charge in [-0.1, -0.05) is 41.5 Å². The summed E-state index contributed by atoms with van der Waals surface area (Å²) in [5.74, 6) is -15.7. The van der Waals surface area contributed by atoms with Crippen molar-refractivity contribution in [1.29, 1.82) is 0 Å². The molecule has 2 heterocycles. The van der Waals surface area contributed by atoms with E-state index in [1.165, 1.54) is 37.5 Å². The van der Waals surface area contributed by atoms with E-state index in [0.29, 0.717) is 38.8 Å². The van der Waals surface area contributed by atoms with Crippen molar-refractivity contribution in [2.24, 2.45) is 34.5 Å². The van der Waals surface area contributed by atoms with E-state index in [9.17, 15) is 72.9 Å². The summed E-state index contributed by atoms with van der Waals surface area (Å²) in [6.45, 7) is 18.3. The van der Waals surface area contributed by atoms with Gasteiger partial charge in [0, 0.05) is 38.0 Å². The predicted molar refractivity (Wildman–Crippen MR) is 270 cm³/mol. The van der Waals surface area contributed by atoms with Gasteiger partial charge in [0.25, 0.3) is 0 Å². The highest BCUT2D eigenvalue weighted by atomic mass is 16.6. The molecule has 24 heteroatoms. The van der Waals surface area contributed by atoms with Crippen LogP contribution in [-0.2, 0) is 81.2 Å². The lowest BCUT2D eigenvalue weighted by Gasteiger charge is -2.41. The lowest BCUT2D eigenvalue weighted by Crippen LogP contribution is -2.55. The van der Waals surface area contributed by atoms with Crippen LogP contribution in [0.15, 0.2) is 0 Å². The molecule has 2 aliphatic rings. The fraction of sp³-hybridized carbons (Fsp3) is 0.769. The Balaban J connectivity index is 0. The van der Waals surface area contributed by atoms with E-state index >= 15 is 0 Å². The van der Waals surface area contributed by atoms with Crippen LogP contribution in [0, 0.1) is 34.5 Å². The van der Waals surface area contributed by atoms with Crippen molar-refractivity contribution in [2.45, 2.75) is 184 Å². The lowest BCUT2D eigenvalue weighted by atomic mass is 9.66. The Labute approximate surface area is 445 Å². The quantitative estimate of drug-likeness (QED) is 0.0332. The van der Waals surface area contributed by atoms with E-state index in [0.717, 1.165) is 6.42 Å². The fourth-order valence-corrected chi connectivity index (χ4v) is 8.83. The van der Waals surface area contributed by atoms with E-state index in [-0.39, 0.29) is 93.5 Å². The van der Waals surface area contributed by atoms with Gasteiger partial charge in [-0.25, -0.2) is 0 Å². The van der Waals surface area contributed by atoms with Gasteiger partial charge in [0.05, 0.1) is 46.7 Å². The Kier molecular flexibility index (Phi) is 33.5. The number of aliphatic hydroxyl groups is 1. The van der Waals surface area contributed by atoms with Gasteiger partial charge in [-0.2, -0.15) is 0 Å². The van der Waals surface area contributed by atoms with E-state index in [1.807, 2.05) is 13.8 Å². The highest BCUT2D eigenvalue weighted by Crippen LogP contribution is 2.44. The molecule has 6 N–H and O–H groups in total. The zero-order valence-electron chi connectivity index (χ0n) is 46.5. The molecule has 2 aliphatic heterocycles. The molecule has 10 atom stereocenters. The maximum atomic E-state index is 13.5. The molecule has 0 aromatic carbocycles. The molecule has 10 unspecified atom stereocenters. The molecule has 0 saturated carbocycles. The number of carboxylic acid groups (broad SMARTS) is 3. The Morgan fingerprint density at radius 3 is 1.16 bits per heavy atom. The van der Waals surface area contributed by atoms with Crippen molar-refractivity contribution in [2.75, 3.05) is 39.5 Å². The number of carbonyl (C=O) groups is 12. The highest BCUT2D eigenvalue weighted by Gasteiger charge is 2.57. The number of carboxylic acids is 3. The van der Waals surface area contributed by atoms with Gasteiger partial charge in [0.15, 0.2) is 0 Å². The first-order valence-electron chi connectivity index (χ1n) is 25.8. The molecular weight excluding hydrogens is 1000 g/mol. The van der Waals surface area contributed by atoms with Crippen LogP contribution in [0.25, 0.3) is 0 Å². The molecule has 2 amide bonds. The number of esters is 5. The minimum atomic E-state index is -1.73. The van der Waals surface area contributed by atoms with Gasteiger partial charge in [-0.3, -0.25) is 57.5 Å². The van der Waals surface area contributed by atoms with Gasteiger partial charge in [0.1, 0.15) is 50.8 Å². The van der Waals surface area contributed by atoms with E-state index in [4.69, 9.17) is 28.8 Å². The summed E-state index contributed by atoms with van der Waals surface area (Å²) in [6, 6.07) is -1.68. The summed E-state index contributed by atoms with van der Waals surface area (Å²) in [5.41, 5.74) is -3.39. The van der Waals surface area contributed by atoms with Gasteiger partial charge < -0.3 is 59.4 Å². The second kappa shape index (κ2) is 35.3. The molecule has 436 valence electrons. The van der Waals surface area contributed by atoms with Crippen molar-refractivity contribution >= 4 is 71.1 Å². The topological polar surface area (TPSA) is 370 Å². The number of hydrogen-bond acceptors (Lipinski definition) is 18. The molecule has 0 aliphatic carbocycles. The normalized spacial score (nSPS) is 17.7. The van der Waals surface area contributed by atoms with Crippen LogP contribution in [0.3, 0.4) is 0 Å². The number of aliphatic hydroxyl groups excluding tert-OH is 1. The average molecular weight is 1090 g/mol. The molecule has 76 heavy (non-hydrogen) atoms. The number of amides is 2. The van der Waals surface area contributed by atoms with Crippen molar-refractivity contribution in [3.63, 3.8) is 0 Å². The van der Waals surface area contributed by atoms with Crippen LogP contribution in [0.2, 0.25) is 0 Å². The zero-order valence-corrected chi connectivity index (χ0v) is 46.5. The van der Waals surface area contributed by atoms with Gasteiger partial charge in [0.2, 0.25) is 11.8 Å². The number of Topliss-reactive ketones (excluding diaryl/α,β-unsaturated/α-hetero) is 2. The minimum Gasteiger partial charge on any atom is -0.481 e. The molecule has 0 radical (unpaired) electrons. The predicted octanol–water partition coefficient (Wildman–Crippen LogP) is 3.75. The Bertz CT molecular complexity index is 1970. The van der Waals surface area contributed by atoms with Crippen molar-refractivity contribution in [3.05, 3.63) is 0 Å². The number of ether oxygens (including phenoxy) is 5. The fourth-order valence-electron chi connectivity index (χ4n) is 8.83. The molecule has 24 nitrogen and oxygen atoms in total. The SMILES string of the molecule is CCC(C(C(=O)O)C(C(=O)O)C(C)(CC)C(=O)OCCOC(=O)CC(C)=O)N1CCCC1=O.CCC(C)O.CCC(C)OC(=O)C(C(CC)N1CCCC1=O)C(C(=O)O)C(C)(CC)C(=O)OCCOC(=O)CC(C)=O.O. The third-order valence-electron chi connectivity index (χ3n) is 13.7. The summed E-state index contributed by atoms with van der Waals surface area (Å²) in [6.07, 6.45) is 2.11. The molecule has 2 fully saturated rings. The third kappa shape index (κ3) is 21.9. The minimum absolute atomic E-state index is 0. The van der Waals surface area contributed by atoms with Crippen molar-refractivity contribution in [3.8, 4) is 0 Å². The largest absolute Gasteiger partial charge is 0.481 e. The first kappa shape index (κ1) is 72.0. The standard InChI is InChI=1S/C26H41NO10.C22H33NO10.C4H10O.H2O/c1-7-17(5)37-24(33)21(18(8-2)27-12-10-11-19(27)29)22(23(31)32)26(6,9-3)25(34)36-14-13-35-20(30)15-16(4)28;1-5-14(23-9-7-8-15(23)25)17(19(27)28)18(20(29)30)22(4,6-2)21(31)33-11-10-32-16(26)12-13(3)24;1-3-4(2)5;/h17-18,21-22H,7-15H2,1-6H3,(H,31,32);14,17-18H,5-12H2,1-4H3,(H,27,28)(H,29,30);4-5H,3H2,1-2H3;1H2. The van der Waals surface area contributed by atoms with E-state index in [1.54, 1.807) is 41.5 Å². The number of rotatable bonds is 31. The number of ketones is 2. The lowest BCUT2D eigenvalue weighted by molar-refractivity contribution is -0.180. The number of likely N-dealkylation sites (tertiary alicyclic amines) is 2. The van der Waals surface area contributed by atoms with Crippen LogP contribution in [-0.4, -0.2) is 171 Å². The van der Waals surface area contributed by atoms with Crippen LogP contribution < -0.4 is 0 Å². The first-order valence-corrected chi connectivity index (χ1v) is 25.8. The second-order valence-corrected chi connectivity index (χ2v) is 19.3. The summed E-state index contributed by atoms with van der Waals surface area (Å²) in [5, 5.41) is 38.7. The number of hydrogen-bond donors (Lipinski definition) is 4. The maximum Gasteiger partial charge on any atom is 0.313 e. The molecule has 0 bridgehead atoms.